The van der Waals surface area contributed by atoms with Gasteiger partial charge in [-0.3, -0.25) is 9.79 Å². The van der Waals surface area contributed by atoms with Gasteiger partial charge in [-0.05, 0) is 31.4 Å². The molecular formula is C21H28N4O2. The van der Waals surface area contributed by atoms with Gasteiger partial charge in [-0.25, -0.2) is 0 Å². The SMILES string of the molecule is CCNC(=NCCN1C(=O)Cc2ccccc21)N1CC2C3CCC(O3)C2C1. The number of aliphatic imine (C=N–C) groups is 1. The quantitative estimate of drug-likeness (QED) is 0.649. The van der Waals surface area contributed by atoms with Crippen molar-refractivity contribution in [2.45, 2.75) is 38.4 Å². The molecule has 4 aliphatic heterocycles. The highest BCUT2D eigenvalue weighted by Crippen LogP contribution is 2.47. The van der Waals surface area contributed by atoms with Crippen LogP contribution in [0.5, 0.6) is 0 Å². The number of likely N-dealkylation sites (tertiary alicyclic amines) is 1. The normalized spacial score (nSPS) is 31.6. The molecule has 0 radical (unpaired) electrons. The molecule has 1 amide bonds. The van der Waals surface area contributed by atoms with Gasteiger partial charge in [0.15, 0.2) is 5.96 Å². The van der Waals surface area contributed by atoms with E-state index >= 15 is 0 Å². The maximum Gasteiger partial charge on any atom is 0.231 e. The lowest BCUT2D eigenvalue weighted by atomic mass is 9.82. The third-order valence-electron chi connectivity index (χ3n) is 6.60. The Kier molecular flexibility index (Phi) is 4.31. The molecule has 4 aliphatic rings. The molecular weight excluding hydrogens is 340 g/mol. The van der Waals surface area contributed by atoms with Gasteiger partial charge in [-0.2, -0.15) is 0 Å². The summed E-state index contributed by atoms with van der Waals surface area (Å²) in [5.74, 6) is 2.51. The molecule has 27 heavy (non-hydrogen) atoms. The van der Waals surface area contributed by atoms with Gasteiger partial charge >= 0.3 is 0 Å². The van der Waals surface area contributed by atoms with Crippen molar-refractivity contribution in [1.82, 2.24) is 10.2 Å². The summed E-state index contributed by atoms with van der Waals surface area (Å²) in [6, 6.07) is 8.07. The van der Waals surface area contributed by atoms with Crippen molar-refractivity contribution in [2.75, 3.05) is 37.6 Å². The first-order chi connectivity index (χ1) is 13.2. The number of carbonyl (C=O) groups is 1. The summed E-state index contributed by atoms with van der Waals surface area (Å²) < 4.78 is 6.09. The van der Waals surface area contributed by atoms with Crippen LogP contribution in [0.25, 0.3) is 0 Å². The van der Waals surface area contributed by atoms with E-state index in [4.69, 9.17) is 9.73 Å². The van der Waals surface area contributed by atoms with Gasteiger partial charge in [-0.15, -0.1) is 0 Å². The highest BCUT2D eigenvalue weighted by atomic mass is 16.5. The van der Waals surface area contributed by atoms with E-state index in [0.717, 1.165) is 36.8 Å². The Balaban J connectivity index is 1.25. The second kappa shape index (κ2) is 6.82. The Labute approximate surface area is 160 Å². The predicted octanol–water partition coefficient (Wildman–Crippen LogP) is 1.65. The lowest BCUT2D eigenvalue weighted by molar-refractivity contribution is -0.117. The lowest BCUT2D eigenvalue weighted by Crippen LogP contribution is -2.42. The number of amides is 1. The Morgan fingerprint density at radius 1 is 1.22 bits per heavy atom. The first-order valence-electron chi connectivity index (χ1n) is 10.3. The average molecular weight is 368 g/mol. The monoisotopic (exact) mass is 368 g/mol. The van der Waals surface area contributed by atoms with Gasteiger partial charge in [0.25, 0.3) is 0 Å². The molecule has 1 aromatic carbocycles. The average Bonchev–Trinajstić information content (AvgIpc) is 3.42. The smallest absolute Gasteiger partial charge is 0.231 e. The summed E-state index contributed by atoms with van der Waals surface area (Å²) in [6.07, 6.45) is 3.89. The second-order valence-electron chi connectivity index (χ2n) is 8.11. The third-order valence-corrected chi connectivity index (χ3v) is 6.60. The molecule has 2 bridgehead atoms. The Morgan fingerprint density at radius 3 is 2.70 bits per heavy atom. The van der Waals surface area contributed by atoms with Gasteiger partial charge in [-0.1, -0.05) is 18.2 Å². The maximum atomic E-state index is 12.3. The van der Waals surface area contributed by atoms with Crippen LogP contribution in [0.15, 0.2) is 29.3 Å². The summed E-state index contributed by atoms with van der Waals surface area (Å²) >= 11 is 0. The van der Waals surface area contributed by atoms with E-state index in [9.17, 15) is 4.79 Å². The highest BCUT2D eigenvalue weighted by molar-refractivity contribution is 6.01. The molecule has 144 valence electrons. The number of benzene rings is 1. The molecule has 5 rings (SSSR count). The maximum absolute atomic E-state index is 12.3. The molecule has 4 unspecified atom stereocenters. The number of hydrogen-bond acceptors (Lipinski definition) is 3. The number of hydrogen-bond donors (Lipinski definition) is 1. The molecule has 0 aliphatic carbocycles. The van der Waals surface area contributed by atoms with Crippen LogP contribution in [0.1, 0.15) is 25.3 Å². The van der Waals surface area contributed by atoms with E-state index < -0.39 is 0 Å². The lowest BCUT2D eigenvalue weighted by Gasteiger charge is -2.24. The molecule has 4 heterocycles. The van der Waals surface area contributed by atoms with E-state index in [2.05, 4.69) is 17.1 Å². The molecule has 6 heteroatoms. The Morgan fingerprint density at radius 2 is 1.96 bits per heavy atom. The van der Waals surface area contributed by atoms with Crippen LogP contribution in [-0.2, 0) is 16.0 Å². The van der Waals surface area contributed by atoms with Gasteiger partial charge in [0.05, 0.1) is 25.2 Å². The molecule has 1 aromatic rings. The molecule has 0 aromatic heterocycles. The van der Waals surface area contributed by atoms with E-state index in [-0.39, 0.29) is 5.91 Å². The summed E-state index contributed by atoms with van der Waals surface area (Å²) in [6.45, 7) is 6.32. The Hall–Kier alpha value is -2.08. The van der Waals surface area contributed by atoms with Gasteiger partial charge in [0, 0.05) is 43.7 Å². The molecule has 0 spiro atoms. The van der Waals surface area contributed by atoms with Crippen molar-refractivity contribution in [3.63, 3.8) is 0 Å². The molecule has 4 atom stereocenters. The third kappa shape index (κ3) is 2.90. The van der Waals surface area contributed by atoms with Crippen molar-refractivity contribution in [3.8, 4) is 0 Å². The molecule has 3 saturated heterocycles. The first kappa shape index (κ1) is 17.0. The molecule has 1 N–H and O–H groups in total. The van der Waals surface area contributed by atoms with Crippen LogP contribution in [0, 0.1) is 11.8 Å². The zero-order valence-electron chi connectivity index (χ0n) is 15.9. The number of ether oxygens (including phenoxy) is 1. The number of nitrogens with one attached hydrogen (secondary N) is 1. The number of guanidine groups is 1. The standard InChI is InChI=1S/C21H28N4O2/c1-2-22-21(24-12-15-16(13-24)19-8-7-18(15)27-19)23-9-10-25-17-6-4-3-5-14(17)11-20(25)26/h3-6,15-16,18-19H,2,7-13H2,1H3,(H,22,23). The largest absolute Gasteiger partial charge is 0.374 e. The number of rotatable bonds is 4. The minimum Gasteiger partial charge on any atom is -0.374 e. The van der Waals surface area contributed by atoms with E-state index in [1.165, 1.54) is 12.8 Å². The zero-order valence-corrected chi connectivity index (χ0v) is 15.9. The summed E-state index contributed by atoms with van der Waals surface area (Å²) in [7, 11) is 0. The minimum atomic E-state index is 0.181. The van der Waals surface area contributed by atoms with Crippen molar-refractivity contribution < 1.29 is 9.53 Å². The van der Waals surface area contributed by atoms with E-state index in [1.807, 2.05) is 29.2 Å². The second-order valence-corrected chi connectivity index (χ2v) is 8.11. The predicted molar refractivity (Wildman–Crippen MR) is 105 cm³/mol. The van der Waals surface area contributed by atoms with Crippen LogP contribution >= 0.6 is 0 Å². The van der Waals surface area contributed by atoms with Crippen molar-refractivity contribution in [1.29, 1.82) is 0 Å². The van der Waals surface area contributed by atoms with Gasteiger partial charge < -0.3 is 19.9 Å². The fourth-order valence-electron chi connectivity index (χ4n) is 5.38. The molecule has 3 fully saturated rings. The zero-order chi connectivity index (χ0) is 18.4. The van der Waals surface area contributed by atoms with Crippen LogP contribution in [0.2, 0.25) is 0 Å². The summed E-state index contributed by atoms with van der Waals surface area (Å²) in [5, 5.41) is 3.45. The summed E-state index contributed by atoms with van der Waals surface area (Å²) in [5.41, 5.74) is 2.17. The van der Waals surface area contributed by atoms with Gasteiger partial charge in [0.1, 0.15) is 0 Å². The Bertz CT molecular complexity index is 746. The van der Waals surface area contributed by atoms with Crippen molar-refractivity contribution in [3.05, 3.63) is 29.8 Å². The number of anilines is 1. The topological polar surface area (TPSA) is 57.2 Å². The van der Waals surface area contributed by atoms with Crippen LogP contribution in [-0.4, -0.2) is 61.7 Å². The highest BCUT2D eigenvalue weighted by Gasteiger charge is 2.53. The number of nitrogens with zero attached hydrogens (tertiary/aromatic N) is 3. The fourth-order valence-corrected chi connectivity index (χ4v) is 5.38. The van der Waals surface area contributed by atoms with Gasteiger partial charge in [0.2, 0.25) is 5.91 Å². The summed E-state index contributed by atoms with van der Waals surface area (Å²) in [4.78, 5) is 21.5. The van der Waals surface area contributed by atoms with Crippen molar-refractivity contribution >= 4 is 17.6 Å². The number of para-hydroxylation sites is 1. The first-order valence-corrected chi connectivity index (χ1v) is 10.3. The van der Waals surface area contributed by atoms with Crippen molar-refractivity contribution in [2.24, 2.45) is 16.8 Å². The van der Waals surface area contributed by atoms with Crippen LogP contribution < -0.4 is 10.2 Å². The van der Waals surface area contributed by atoms with Crippen LogP contribution in [0.4, 0.5) is 5.69 Å². The minimum absolute atomic E-state index is 0.181. The number of fused-ring (bicyclic) bond motifs is 6. The van der Waals surface area contributed by atoms with E-state index in [0.29, 0.717) is 43.6 Å². The fraction of sp³-hybridized carbons (Fsp3) is 0.619. The van der Waals surface area contributed by atoms with E-state index in [1.54, 1.807) is 0 Å². The number of carbonyl (C=O) groups excluding carboxylic acids is 1. The molecule has 0 saturated carbocycles. The van der Waals surface area contributed by atoms with Crippen LogP contribution in [0.3, 0.4) is 0 Å². The molecule has 6 nitrogen and oxygen atoms in total.